The Morgan fingerprint density at radius 2 is 1.88 bits per heavy atom. The second-order valence-electron chi connectivity index (χ2n) is 5.75. The van der Waals surface area contributed by atoms with Gasteiger partial charge in [0.2, 0.25) is 5.91 Å². The third-order valence-corrected chi connectivity index (χ3v) is 4.76. The van der Waals surface area contributed by atoms with Crippen molar-refractivity contribution in [1.29, 1.82) is 0 Å². The molecule has 0 aliphatic rings. The molecule has 0 bridgehead atoms. The average Bonchev–Trinajstić information content (AvgIpc) is 2.61. The lowest BCUT2D eigenvalue weighted by Gasteiger charge is -2.19. The van der Waals surface area contributed by atoms with Crippen LogP contribution in [-0.2, 0) is 11.3 Å². The first kappa shape index (κ1) is 25.0. The minimum Gasteiger partial charge on any atom is -0.357 e. The summed E-state index contributed by atoms with van der Waals surface area (Å²) in [5.74, 6) is 0.930. The lowest BCUT2D eigenvalue weighted by atomic mass is 10.1. The number of rotatable bonds is 9. The predicted molar refractivity (Wildman–Crippen MR) is 124 cm³/mol. The van der Waals surface area contributed by atoms with E-state index in [9.17, 15) is 4.79 Å². The number of aliphatic imine (C=N–C) groups is 1. The number of hydrogen-bond acceptors (Lipinski definition) is 3. The van der Waals surface area contributed by atoms with Gasteiger partial charge in [0.05, 0.1) is 6.54 Å². The maximum Gasteiger partial charge on any atom is 0.224 e. The number of hydrogen-bond donors (Lipinski definition) is 2. The molecule has 26 heavy (non-hydrogen) atoms. The third-order valence-electron chi connectivity index (χ3n) is 3.94. The van der Waals surface area contributed by atoms with Gasteiger partial charge in [-0.25, -0.2) is 4.99 Å². The van der Waals surface area contributed by atoms with Gasteiger partial charge in [0.1, 0.15) is 0 Å². The SMILES string of the molecule is CCNC(=NCc1ccc(C)cc1SC)NCCC(=O)N(CC)CC.I. The molecule has 0 aliphatic carbocycles. The summed E-state index contributed by atoms with van der Waals surface area (Å²) in [5.41, 5.74) is 2.48. The van der Waals surface area contributed by atoms with Crippen molar-refractivity contribution in [2.45, 2.75) is 45.6 Å². The van der Waals surface area contributed by atoms with Gasteiger partial charge in [-0.05, 0) is 51.1 Å². The van der Waals surface area contributed by atoms with Gasteiger partial charge in [0, 0.05) is 37.5 Å². The van der Waals surface area contributed by atoms with E-state index in [1.54, 1.807) is 11.8 Å². The first-order chi connectivity index (χ1) is 12.0. The van der Waals surface area contributed by atoms with E-state index in [-0.39, 0.29) is 29.9 Å². The lowest BCUT2D eigenvalue weighted by Crippen LogP contribution is -2.40. The average molecular weight is 492 g/mol. The molecule has 0 aliphatic heterocycles. The minimum absolute atomic E-state index is 0. The second kappa shape index (κ2) is 14.1. The Bertz CT molecular complexity index is 577. The summed E-state index contributed by atoms with van der Waals surface area (Å²) >= 11 is 1.74. The Hall–Kier alpha value is -0.960. The summed E-state index contributed by atoms with van der Waals surface area (Å²) in [6.45, 7) is 11.7. The van der Waals surface area contributed by atoms with Crippen molar-refractivity contribution in [2.24, 2.45) is 4.99 Å². The number of nitrogens with one attached hydrogen (secondary N) is 2. The molecule has 0 saturated heterocycles. The van der Waals surface area contributed by atoms with Crippen LogP contribution < -0.4 is 10.6 Å². The van der Waals surface area contributed by atoms with E-state index in [1.165, 1.54) is 16.0 Å². The Morgan fingerprint density at radius 1 is 1.19 bits per heavy atom. The van der Waals surface area contributed by atoms with Gasteiger partial charge < -0.3 is 15.5 Å². The van der Waals surface area contributed by atoms with E-state index < -0.39 is 0 Å². The number of benzene rings is 1. The van der Waals surface area contributed by atoms with Crippen LogP contribution in [0.5, 0.6) is 0 Å². The fourth-order valence-electron chi connectivity index (χ4n) is 2.51. The van der Waals surface area contributed by atoms with Crippen LogP contribution in [0.1, 0.15) is 38.3 Å². The van der Waals surface area contributed by atoms with Crippen LogP contribution in [0.15, 0.2) is 28.1 Å². The van der Waals surface area contributed by atoms with E-state index in [2.05, 4.69) is 47.0 Å². The Morgan fingerprint density at radius 3 is 2.46 bits per heavy atom. The number of carbonyl (C=O) groups is 1. The summed E-state index contributed by atoms with van der Waals surface area (Å²) < 4.78 is 0. The van der Waals surface area contributed by atoms with Crippen molar-refractivity contribution in [3.63, 3.8) is 0 Å². The molecular formula is C19H33IN4OS. The van der Waals surface area contributed by atoms with Crippen LogP contribution in [0, 0.1) is 6.92 Å². The molecule has 0 radical (unpaired) electrons. The Balaban J connectivity index is 0.00000625. The predicted octanol–water partition coefficient (Wildman–Crippen LogP) is 3.65. The van der Waals surface area contributed by atoms with Crippen LogP contribution in [0.3, 0.4) is 0 Å². The first-order valence-corrected chi connectivity index (χ1v) is 10.2. The monoisotopic (exact) mass is 492 g/mol. The quantitative estimate of drug-likeness (QED) is 0.239. The van der Waals surface area contributed by atoms with Crippen LogP contribution >= 0.6 is 35.7 Å². The second-order valence-corrected chi connectivity index (χ2v) is 6.60. The molecule has 0 aromatic heterocycles. The van der Waals surface area contributed by atoms with Crippen molar-refractivity contribution in [3.05, 3.63) is 29.3 Å². The molecule has 1 rings (SSSR count). The van der Waals surface area contributed by atoms with Gasteiger partial charge in [-0.1, -0.05) is 12.1 Å². The number of halogens is 1. The summed E-state index contributed by atoms with van der Waals surface area (Å²) in [6.07, 6.45) is 2.57. The van der Waals surface area contributed by atoms with Crippen LogP contribution in [0.4, 0.5) is 0 Å². The highest BCUT2D eigenvalue weighted by Gasteiger charge is 2.09. The van der Waals surface area contributed by atoms with Gasteiger partial charge >= 0.3 is 0 Å². The molecule has 2 N–H and O–H groups in total. The molecule has 1 aromatic carbocycles. The summed E-state index contributed by atoms with van der Waals surface area (Å²) in [5, 5.41) is 6.50. The molecule has 0 fully saturated rings. The highest BCUT2D eigenvalue weighted by molar-refractivity contribution is 14.0. The van der Waals surface area contributed by atoms with Crippen LogP contribution in [0.2, 0.25) is 0 Å². The number of thioether (sulfide) groups is 1. The minimum atomic E-state index is 0. The number of aryl methyl sites for hydroxylation is 1. The van der Waals surface area contributed by atoms with Crippen molar-refractivity contribution in [1.82, 2.24) is 15.5 Å². The van der Waals surface area contributed by atoms with Crippen molar-refractivity contribution >= 4 is 47.6 Å². The molecule has 148 valence electrons. The molecule has 0 spiro atoms. The summed E-state index contributed by atoms with van der Waals surface area (Å²) in [6, 6.07) is 6.45. The zero-order chi connectivity index (χ0) is 18.7. The van der Waals surface area contributed by atoms with Crippen LogP contribution in [-0.4, -0.2) is 49.2 Å². The summed E-state index contributed by atoms with van der Waals surface area (Å²) in [7, 11) is 0. The summed E-state index contributed by atoms with van der Waals surface area (Å²) in [4.78, 5) is 19.8. The van der Waals surface area contributed by atoms with Crippen molar-refractivity contribution < 1.29 is 4.79 Å². The molecule has 0 saturated carbocycles. The third kappa shape index (κ3) is 8.62. The van der Waals surface area contributed by atoms with Gasteiger partial charge in [-0.15, -0.1) is 35.7 Å². The van der Waals surface area contributed by atoms with Crippen molar-refractivity contribution in [3.8, 4) is 0 Å². The zero-order valence-corrected chi connectivity index (χ0v) is 19.7. The fraction of sp³-hybridized carbons (Fsp3) is 0.579. The zero-order valence-electron chi connectivity index (χ0n) is 16.6. The van der Waals surface area contributed by atoms with E-state index in [1.807, 2.05) is 25.7 Å². The smallest absolute Gasteiger partial charge is 0.224 e. The van der Waals surface area contributed by atoms with Crippen molar-refractivity contribution in [2.75, 3.05) is 32.4 Å². The molecule has 7 heteroatoms. The Kier molecular flexibility index (Phi) is 13.6. The highest BCUT2D eigenvalue weighted by atomic mass is 127. The molecular weight excluding hydrogens is 459 g/mol. The van der Waals surface area contributed by atoms with Gasteiger partial charge in [-0.2, -0.15) is 0 Å². The fourth-order valence-corrected chi connectivity index (χ4v) is 3.21. The van der Waals surface area contributed by atoms with E-state index in [0.717, 1.165) is 25.6 Å². The molecule has 1 amide bonds. The molecule has 5 nitrogen and oxygen atoms in total. The normalized spacial score (nSPS) is 10.9. The number of carbonyl (C=O) groups excluding carboxylic acids is 1. The molecule has 0 heterocycles. The van der Waals surface area contributed by atoms with Gasteiger partial charge in [0.25, 0.3) is 0 Å². The number of nitrogens with zero attached hydrogens (tertiary/aromatic N) is 2. The van der Waals surface area contributed by atoms with Gasteiger partial charge in [-0.3, -0.25) is 4.79 Å². The van der Waals surface area contributed by atoms with Gasteiger partial charge in [0.15, 0.2) is 5.96 Å². The van der Waals surface area contributed by atoms with E-state index in [4.69, 9.17) is 0 Å². The first-order valence-electron chi connectivity index (χ1n) is 8.99. The van der Waals surface area contributed by atoms with E-state index >= 15 is 0 Å². The van der Waals surface area contributed by atoms with E-state index in [0.29, 0.717) is 19.5 Å². The number of amides is 1. The topological polar surface area (TPSA) is 56.7 Å². The highest BCUT2D eigenvalue weighted by Crippen LogP contribution is 2.22. The maximum absolute atomic E-state index is 12.1. The largest absolute Gasteiger partial charge is 0.357 e. The number of guanidine groups is 1. The lowest BCUT2D eigenvalue weighted by molar-refractivity contribution is -0.130. The van der Waals surface area contributed by atoms with Crippen LogP contribution in [0.25, 0.3) is 0 Å². The Labute approximate surface area is 179 Å². The molecule has 0 atom stereocenters. The molecule has 1 aromatic rings. The standard InChI is InChI=1S/C19H32N4OS.HI/c1-6-20-19(21-12-11-18(24)23(7-2)8-3)22-14-16-10-9-15(4)13-17(16)25-5;/h9-10,13H,6-8,11-12,14H2,1-5H3,(H2,20,21,22);1H. The maximum atomic E-state index is 12.1. The molecule has 0 unspecified atom stereocenters.